The second-order valence-corrected chi connectivity index (χ2v) is 12.8. The van der Waals surface area contributed by atoms with Gasteiger partial charge in [0, 0.05) is 29.6 Å². The normalized spacial score (nSPS) is 14.7. The number of hydrogen-bond donors (Lipinski definition) is 1. The van der Waals surface area contributed by atoms with E-state index in [1.165, 1.54) is 46.3 Å². The molecule has 0 atom stereocenters. The highest BCUT2D eigenvalue weighted by Crippen LogP contribution is 2.33. The van der Waals surface area contributed by atoms with Crippen LogP contribution in [0.25, 0.3) is 16.9 Å². The number of sulfone groups is 1. The Bertz CT molecular complexity index is 1940. The number of hydrogen-bond acceptors (Lipinski definition) is 7. The molecule has 3 amide bonds. The molecule has 3 aromatic carbocycles. The number of aromatic nitrogens is 2. The largest absolute Gasteiger partial charge is 0.501 e. The number of benzene rings is 3. The van der Waals surface area contributed by atoms with E-state index in [1.807, 2.05) is 26.0 Å². The Kier molecular flexibility index (Phi) is 9.32. The maximum atomic E-state index is 15.1. The first-order chi connectivity index (χ1) is 21.8. The fraction of sp³-hybridized carbons (Fsp3) is 0.200. The smallest absolute Gasteiger partial charge is 0.377 e. The van der Waals surface area contributed by atoms with Crippen molar-refractivity contribution in [3.8, 4) is 16.9 Å². The Balaban J connectivity index is 1.31. The topological polar surface area (TPSA) is 123 Å². The summed E-state index contributed by atoms with van der Waals surface area (Å²) in [5.41, 5.74) is -2.49. The van der Waals surface area contributed by atoms with Crippen LogP contribution in [0.2, 0.25) is 0 Å². The SMILES string of the molecule is CCOCc1ccc(C)cc1N1C(=O)CS/C1=N\C(=O)Nc1ccc(-c2cn(-c3ccc(S(=O)(=O)C(F)(F)F)cc3)cn2)cc1F. The van der Waals surface area contributed by atoms with Gasteiger partial charge in [-0.15, -0.1) is 0 Å². The van der Waals surface area contributed by atoms with Crippen LogP contribution < -0.4 is 10.2 Å². The second-order valence-electron chi connectivity index (χ2n) is 9.92. The van der Waals surface area contributed by atoms with E-state index in [0.29, 0.717) is 29.2 Å². The van der Waals surface area contributed by atoms with Gasteiger partial charge in [0.25, 0.3) is 9.84 Å². The van der Waals surface area contributed by atoms with Crippen LogP contribution in [-0.4, -0.2) is 52.9 Å². The summed E-state index contributed by atoms with van der Waals surface area (Å²) in [6.07, 6.45) is 2.80. The molecule has 10 nitrogen and oxygen atoms in total. The number of ether oxygens (including phenoxy) is 1. The van der Waals surface area contributed by atoms with Crippen LogP contribution in [-0.2, 0) is 26.0 Å². The van der Waals surface area contributed by atoms with Crippen LogP contribution in [0.3, 0.4) is 0 Å². The zero-order chi connectivity index (χ0) is 33.2. The summed E-state index contributed by atoms with van der Waals surface area (Å²) >= 11 is 1.08. The number of carbonyl (C=O) groups excluding carboxylic acids is 2. The quantitative estimate of drug-likeness (QED) is 0.212. The van der Waals surface area contributed by atoms with Gasteiger partial charge in [0.05, 0.1) is 40.7 Å². The van der Waals surface area contributed by atoms with Gasteiger partial charge in [0.2, 0.25) is 5.91 Å². The number of imidazole rings is 1. The van der Waals surface area contributed by atoms with Gasteiger partial charge in [-0.05, 0) is 61.9 Å². The van der Waals surface area contributed by atoms with Crippen LogP contribution >= 0.6 is 11.8 Å². The number of nitrogens with zero attached hydrogens (tertiary/aromatic N) is 4. The third-order valence-electron chi connectivity index (χ3n) is 6.74. The predicted octanol–water partition coefficient (Wildman–Crippen LogP) is 6.48. The third kappa shape index (κ3) is 6.83. The van der Waals surface area contributed by atoms with Crippen molar-refractivity contribution >= 4 is 50.1 Å². The van der Waals surface area contributed by atoms with Crippen LogP contribution in [0, 0.1) is 12.7 Å². The first-order valence-corrected chi connectivity index (χ1v) is 16.0. The minimum atomic E-state index is -5.49. The molecule has 0 saturated carbocycles. The molecule has 1 aromatic heterocycles. The van der Waals surface area contributed by atoms with E-state index in [2.05, 4.69) is 15.3 Å². The number of alkyl halides is 3. The van der Waals surface area contributed by atoms with E-state index >= 15 is 4.39 Å². The molecule has 1 aliphatic heterocycles. The van der Waals surface area contributed by atoms with Crippen molar-refractivity contribution in [1.82, 2.24) is 9.55 Å². The molecule has 0 spiro atoms. The Labute approximate surface area is 265 Å². The summed E-state index contributed by atoms with van der Waals surface area (Å²) in [6.45, 7) is 4.45. The van der Waals surface area contributed by atoms with E-state index in [4.69, 9.17) is 4.74 Å². The van der Waals surface area contributed by atoms with E-state index in [9.17, 15) is 31.2 Å². The number of anilines is 2. The van der Waals surface area contributed by atoms with Crippen molar-refractivity contribution in [2.75, 3.05) is 22.6 Å². The second kappa shape index (κ2) is 13.1. The molecule has 0 bridgehead atoms. The summed E-state index contributed by atoms with van der Waals surface area (Å²) in [4.78, 5) is 34.3. The molecule has 5 rings (SSSR count). The molecule has 0 unspecified atom stereocenters. The van der Waals surface area contributed by atoms with E-state index in [1.54, 1.807) is 6.07 Å². The Morgan fingerprint density at radius 1 is 1.11 bits per heavy atom. The highest BCUT2D eigenvalue weighted by Gasteiger charge is 2.46. The molecule has 2 heterocycles. The van der Waals surface area contributed by atoms with Crippen LogP contribution in [0.1, 0.15) is 18.1 Å². The number of amides is 3. The minimum absolute atomic E-state index is 0.0701. The fourth-order valence-electron chi connectivity index (χ4n) is 4.45. The summed E-state index contributed by atoms with van der Waals surface area (Å²) in [6, 6.07) is 12.6. The number of halogens is 4. The van der Waals surface area contributed by atoms with Crippen molar-refractivity contribution in [3.63, 3.8) is 0 Å². The lowest BCUT2D eigenvalue weighted by Gasteiger charge is -2.20. The van der Waals surface area contributed by atoms with Gasteiger partial charge >= 0.3 is 11.5 Å². The molecular formula is C30H25F4N5O5S2. The number of aliphatic imine (C=N–C) groups is 1. The van der Waals surface area contributed by atoms with E-state index in [-0.39, 0.29) is 29.1 Å². The zero-order valence-electron chi connectivity index (χ0n) is 24.2. The van der Waals surface area contributed by atoms with Crippen molar-refractivity contribution in [2.24, 2.45) is 4.99 Å². The number of nitrogens with one attached hydrogen (secondary N) is 1. The lowest BCUT2D eigenvalue weighted by molar-refractivity contribution is -0.115. The van der Waals surface area contributed by atoms with Crippen molar-refractivity contribution in [2.45, 2.75) is 30.9 Å². The van der Waals surface area contributed by atoms with Gasteiger partial charge in [-0.2, -0.15) is 18.2 Å². The Hall–Kier alpha value is -4.54. The standard InChI is InChI=1S/C30H25F4N5O5S2/c1-3-44-15-20-5-4-18(2)12-26(20)39-27(40)16-45-29(39)37-28(41)36-24-11-6-19(13-23(24)31)25-14-38(17-35-25)21-7-9-22(10-8-21)46(42,43)30(32,33)34/h4-14,17H,3,15-16H2,1-2H3,(H,36,41)/b37-29-. The van der Waals surface area contributed by atoms with Crippen molar-refractivity contribution in [1.29, 1.82) is 0 Å². The number of thioether (sulfide) groups is 1. The highest BCUT2D eigenvalue weighted by atomic mass is 32.2. The van der Waals surface area contributed by atoms with Crippen molar-refractivity contribution < 1.29 is 40.3 Å². The summed E-state index contributed by atoms with van der Waals surface area (Å²) in [5, 5.41) is 2.53. The third-order valence-corrected chi connectivity index (χ3v) is 9.17. The van der Waals surface area contributed by atoms with Crippen LogP contribution in [0.5, 0.6) is 0 Å². The molecule has 1 saturated heterocycles. The molecular weight excluding hydrogens is 650 g/mol. The number of carbonyl (C=O) groups is 2. The molecule has 16 heteroatoms. The maximum Gasteiger partial charge on any atom is 0.501 e. The van der Waals surface area contributed by atoms with Crippen LogP contribution in [0.4, 0.5) is 33.7 Å². The number of aryl methyl sites for hydroxylation is 1. The lowest BCUT2D eigenvalue weighted by atomic mass is 10.1. The molecule has 46 heavy (non-hydrogen) atoms. The zero-order valence-corrected chi connectivity index (χ0v) is 25.8. The van der Waals surface area contributed by atoms with Gasteiger partial charge in [0.15, 0.2) is 5.17 Å². The van der Waals surface area contributed by atoms with Crippen molar-refractivity contribution in [3.05, 3.63) is 90.1 Å². The summed E-state index contributed by atoms with van der Waals surface area (Å²) in [5.74, 6) is -0.996. The molecule has 1 N–H and O–H groups in total. The Morgan fingerprint density at radius 2 is 1.85 bits per heavy atom. The highest BCUT2D eigenvalue weighted by molar-refractivity contribution is 8.15. The van der Waals surface area contributed by atoms with Gasteiger partial charge in [-0.25, -0.2) is 22.6 Å². The number of rotatable bonds is 8. The minimum Gasteiger partial charge on any atom is -0.377 e. The predicted molar refractivity (Wildman–Crippen MR) is 165 cm³/mol. The monoisotopic (exact) mass is 675 g/mol. The van der Waals surface area contributed by atoms with Gasteiger partial charge < -0.3 is 14.6 Å². The molecule has 4 aromatic rings. The first-order valence-electron chi connectivity index (χ1n) is 13.6. The molecule has 0 aliphatic carbocycles. The van der Waals surface area contributed by atoms with E-state index in [0.717, 1.165) is 41.1 Å². The van der Waals surface area contributed by atoms with Gasteiger partial charge in [-0.3, -0.25) is 9.69 Å². The first kappa shape index (κ1) is 32.8. The van der Waals surface area contributed by atoms with Gasteiger partial charge in [0.1, 0.15) is 5.82 Å². The maximum absolute atomic E-state index is 15.1. The molecule has 1 aliphatic rings. The average Bonchev–Trinajstić information content (AvgIpc) is 3.64. The molecule has 0 radical (unpaired) electrons. The number of amidine groups is 1. The summed E-state index contributed by atoms with van der Waals surface area (Å²) in [7, 11) is -5.49. The summed E-state index contributed by atoms with van der Waals surface area (Å²) < 4.78 is 83.7. The molecule has 1 fully saturated rings. The lowest BCUT2D eigenvalue weighted by Crippen LogP contribution is -2.31. The van der Waals surface area contributed by atoms with E-state index < -0.39 is 32.1 Å². The fourth-order valence-corrected chi connectivity index (χ4v) is 6.07. The van der Waals surface area contributed by atoms with Gasteiger partial charge in [-0.1, -0.05) is 30.0 Å². The molecule has 240 valence electrons. The number of urea groups is 1. The average molecular weight is 676 g/mol. The Morgan fingerprint density at radius 3 is 2.52 bits per heavy atom. The van der Waals surface area contributed by atoms with Crippen LogP contribution in [0.15, 0.2) is 83.1 Å².